The summed E-state index contributed by atoms with van der Waals surface area (Å²) in [4.78, 5) is 14.3. The van der Waals surface area contributed by atoms with Crippen molar-refractivity contribution in [3.05, 3.63) is 70.1 Å². The number of carbonyl (C=O) groups excluding carboxylic acids is 1. The van der Waals surface area contributed by atoms with Crippen LogP contribution in [0.2, 0.25) is 0 Å². The second kappa shape index (κ2) is 7.12. The standard InChI is InChI=1S/C16H15N3O2/c1-21-16(20)14(11-18-19-17)10-9-13-7-4-6-12-5-2-3-8-15(12)13/h2-8,10H,9,11H2,1H3/b14-10+. The number of rotatable bonds is 5. The Morgan fingerprint density at radius 1 is 1.29 bits per heavy atom. The first-order chi connectivity index (χ1) is 10.3. The lowest BCUT2D eigenvalue weighted by Gasteiger charge is -2.05. The molecule has 0 bridgehead atoms. The molecule has 2 aromatic carbocycles. The van der Waals surface area contributed by atoms with E-state index in [-0.39, 0.29) is 6.54 Å². The minimum absolute atomic E-state index is 0.00601. The zero-order valence-corrected chi connectivity index (χ0v) is 11.7. The van der Waals surface area contributed by atoms with Gasteiger partial charge in [-0.2, -0.15) is 0 Å². The van der Waals surface area contributed by atoms with Crippen LogP contribution < -0.4 is 0 Å². The van der Waals surface area contributed by atoms with E-state index < -0.39 is 5.97 Å². The van der Waals surface area contributed by atoms with Gasteiger partial charge in [-0.15, -0.1) is 0 Å². The van der Waals surface area contributed by atoms with Gasteiger partial charge in [-0.1, -0.05) is 53.7 Å². The number of ether oxygens (including phenoxy) is 1. The van der Waals surface area contributed by atoms with Crippen molar-refractivity contribution in [3.8, 4) is 0 Å². The second-order valence-electron chi connectivity index (χ2n) is 4.45. The lowest BCUT2D eigenvalue weighted by Crippen LogP contribution is -2.07. The molecule has 0 atom stereocenters. The van der Waals surface area contributed by atoms with Crippen LogP contribution in [0.25, 0.3) is 21.2 Å². The predicted octanol–water partition coefficient (Wildman–Crippen LogP) is 3.79. The number of carbonyl (C=O) groups is 1. The van der Waals surface area contributed by atoms with Crippen LogP contribution in [0.5, 0.6) is 0 Å². The quantitative estimate of drug-likeness (QED) is 0.275. The second-order valence-corrected chi connectivity index (χ2v) is 4.45. The van der Waals surface area contributed by atoms with Crippen molar-refractivity contribution in [1.29, 1.82) is 0 Å². The van der Waals surface area contributed by atoms with Crippen LogP contribution in [0.15, 0.2) is 59.2 Å². The van der Waals surface area contributed by atoms with Crippen molar-refractivity contribution < 1.29 is 9.53 Å². The molecule has 0 saturated carbocycles. The lowest BCUT2D eigenvalue weighted by atomic mass is 10.0. The summed E-state index contributed by atoms with van der Waals surface area (Å²) in [5.74, 6) is -0.470. The van der Waals surface area contributed by atoms with Gasteiger partial charge in [0, 0.05) is 10.5 Å². The molecule has 0 radical (unpaired) electrons. The van der Waals surface area contributed by atoms with Gasteiger partial charge in [-0.05, 0) is 28.3 Å². The Labute approximate surface area is 122 Å². The average molecular weight is 281 g/mol. The molecular weight excluding hydrogens is 266 g/mol. The van der Waals surface area contributed by atoms with Gasteiger partial charge in [0.05, 0.1) is 13.7 Å². The van der Waals surface area contributed by atoms with Crippen molar-refractivity contribution in [3.63, 3.8) is 0 Å². The smallest absolute Gasteiger partial charge is 0.333 e. The first kappa shape index (κ1) is 14.6. The fourth-order valence-electron chi connectivity index (χ4n) is 2.15. The monoisotopic (exact) mass is 281 g/mol. The summed E-state index contributed by atoms with van der Waals surface area (Å²) in [6.07, 6.45) is 2.33. The van der Waals surface area contributed by atoms with Crippen molar-refractivity contribution in [1.82, 2.24) is 0 Å². The maximum Gasteiger partial charge on any atom is 0.333 e. The third-order valence-electron chi connectivity index (χ3n) is 3.20. The molecular formula is C16H15N3O2. The van der Waals surface area contributed by atoms with E-state index in [2.05, 4.69) is 10.0 Å². The molecule has 5 nitrogen and oxygen atoms in total. The first-order valence-electron chi connectivity index (χ1n) is 6.51. The van der Waals surface area contributed by atoms with Crippen LogP contribution in [-0.4, -0.2) is 19.6 Å². The third-order valence-corrected chi connectivity index (χ3v) is 3.20. The number of benzene rings is 2. The Morgan fingerprint density at radius 3 is 2.81 bits per heavy atom. The fourth-order valence-corrected chi connectivity index (χ4v) is 2.15. The molecule has 0 heterocycles. The first-order valence-corrected chi connectivity index (χ1v) is 6.51. The Hall–Kier alpha value is -2.78. The highest BCUT2D eigenvalue weighted by molar-refractivity contribution is 5.89. The van der Waals surface area contributed by atoms with Crippen molar-refractivity contribution in [2.24, 2.45) is 5.11 Å². The van der Waals surface area contributed by atoms with E-state index in [4.69, 9.17) is 10.3 Å². The Bertz CT molecular complexity index is 726. The van der Waals surface area contributed by atoms with E-state index in [1.807, 2.05) is 42.5 Å². The topological polar surface area (TPSA) is 75.1 Å². The van der Waals surface area contributed by atoms with Crippen molar-refractivity contribution in [2.75, 3.05) is 13.7 Å². The van der Waals surface area contributed by atoms with Gasteiger partial charge < -0.3 is 4.74 Å². The van der Waals surface area contributed by atoms with E-state index in [1.165, 1.54) is 7.11 Å². The minimum Gasteiger partial charge on any atom is -0.466 e. The van der Waals surface area contributed by atoms with Crippen LogP contribution >= 0.6 is 0 Å². The maximum absolute atomic E-state index is 11.6. The van der Waals surface area contributed by atoms with Crippen molar-refractivity contribution >= 4 is 16.7 Å². The van der Waals surface area contributed by atoms with Gasteiger partial charge in [0.2, 0.25) is 0 Å². The van der Waals surface area contributed by atoms with E-state index >= 15 is 0 Å². The number of hydrogen-bond donors (Lipinski definition) is 0. The summed E-state index contributed by atoms with van der Waals surface area (Å²) in [5, 5.41) is 5.72. The summed E-state index contributed by atoms with van der Waals surface area (Å²) < 4.78 is 4.69. The number of azide groups is 1. The number of allylic oxidation sites excluding steroid dienone is 1. The molecule has 0 aliphatic carbocycles. The third kappa shape index (κ3) is 3.61. The van der Waals surface area contributed by atoms with Gasteiger partial charge in [-0.3, -0.25) is 0 Å². The largest absolute Gasteiger partial charge is 0.466 e. The maximum atomic E-state index is 11.6. The summed E-state index contributed by atoms with van der Waals surface area (Å²) in [6, 6.07) is 14.1. The number of nitrogens with zero attached hydrogens (tertiary/aromatic N) is 3. The minimum atomic E-state index is -0.470. The highest BCUT2D eigenvalue weighted by Gasteiger charge is 2.08. The highest BCUT2D eigenvalue weighted by atomic mass is 16.5. The summed E-state index contributed by atoms with van der Waals surface area (Å²) in [7, 11) is 1.31. The molecule has 0 saturated heterocycles. The summed E-state index contributed by atoms with van der Waals surface area (Å²) in [6.45, 7) is -0.00601. The fraction of sp³-hybridized carbons (Fsp3) is 0.188. The zero-order chi connectivity index (χ0) is 15.1. The van der Waals surface area contributed by atoms with Crippen LogP contribution in [-0.2, 0) is 16.0 Å². The predicted molar refractivity (Wildman–Crippen MR) is 81.8 cm³/mol. The van der Waals surface area contributed by atoms with Crippen LogP contribution in [0.3, 0.4) is 0 Å². The molecule has 0 aliphatic heterocycles. The van der Waals surface area contributed by atoms with Crippen LogP contribution in [0, 0.1) is 0 Å². The molecule has 2 aromatic rings. The number of hydrogen-bond acceptors (Lipinski definition) is 3. The average Bonchev–Trinajstić information content (AvgIpc) is 2.54. The molecule has 21 heavy (non-hydrogen) atoms. The molecule has 0 fully saturated rings. The van der Waals surface area contributed by atoms with E-state index in [9.17, 15) is 4.79 Å². The van der Waals surface area contributed by atoms with Gasteiger partial charge >= 0.3 is 5.97 Å². The summed E-state index contributed by atoms with van der Waals surface area (Å²) >= 11 is 0. The van der Waals surface area contributed by atoms with Gasteiger partial charge in [0.15, 0.2) is 0 Å². The lowest BCUT2D eigenvalue weighted by molar-refractivity contribution is -0.136. The zero-order valence-electron chi connectivity index (χ0n) is 11.7. The van der Waals surface area contributed by atoms with Gasteiger partial charge in [0.25, 0.3) is 0 Å². The Morgan fingerprint density at radius 2 is 2.05 bits per heavy atom. The molecule has 0 N–H and O–H groups in total. The molecule has 106 valence electrons. The van der Waals surface area contributed by atoms with Gasteiger partial charge in [-0.25, -0.2) is 4.79 Å². The van der Waals surface area contributed by atoms with E-state index in [0.717, 1.165) is 16.3 Å². The van der Waals surface area contributed by atoms with E-state index in [1.54, 1.807) is 6.08 Å². The molecule has 5 heteroatoms. The van der Waals surface area contributed by atoms with E-state index in [0.29, 0.717) is 12.0 Å². The van der Waals surface area contributed by atoms with Crippen molar-refractivity contribution in [2.45, 2.75) is 6.42 Å². The Balaban J connectivity index is 2.31. The Kier molecular flexibility index (Phi) is 4.96. The van der Waals surface area contributed by atoms with Crippen LogP contribution in [0.4, 0.5) is 0 Å². The normalized spacial score (nSPS) is 11.0. The van der Waals surface area contributed by atoms with Gasteiger partial charge in [0.1, 0.15) is 0 Å². The summed E-state index contributed by atoms with van der Waals surface area (Å²) in [5.41, 5.74) is 9.85. The molecule has 0 amide bonds. The van der Waals surface area contributed by atoms with Crippen LogP contribution in [0.1, 0.15) is 5.56 Å². The number of fused-ring (bicyclic) bond motifs is 1. The molecule has 2 rings (SSSR count). The molecule has 0 unspecified atom stereocenters. The number of methoxy groups -OCH3 is 1. The highest BCUT2D eigenvalue weighted by Crippen LogP contribution is 2.19. The molecule has 0 spiro atoms. The SMILES string of the molecule is COC(=O)/C(=C/Cc1cccc2ccccc12)CN=[N+]=[N-]. The molecule has 0 aliphatic rings. The number of esters is 1. The molecule has 0 aromatic heterocycles.